The van der Waals surface area contributed by atoms with Crippen LogP contribution in [0.2, 0.25) is 5.02 Å². The van der Waals surface area contributed by atoms with E-state index in [1.165, 1.54) is 13.0 Å². The zero-order valence-corrected chi connectivity index (χ0v) is 13.5. The number of anilines is 1. The van der Waals surface area contributed by atoms with Gasteiger partial charge in [-0.25, -0.2) is 4.39 Å². The molecule has 2 aromatic rings. The van der Waals surface area contributed by atoms with E-state index in [1.54, 1.807) is 24.3 Å². The number of carbonyl (C=O) groups is 1. The molecule has 1 unspecified atom stereocenters. The number of ether oxygens (including phenoxy) is 1. The Morgan fingerprint density at radius 1 is 1.30 bits per heavy atom. The molecule has 23 heavy (non-hydrogen) atoms. The van der Waals surface area contributed by atoms with E-state index < -0.39 is 5.82 Å². The van der Waals surface area contributed by atoms with Crippen LogP contribution in [-0.4, -0.2) is 25.0 Å². The predicted octanol–water partition coefficient (Wildman–Crippen LogP) is 4.34. The Balaban J connectivity index is 1.75. The van der Waals surface area contributed by atoms with Gasteiger partial charge in [0.2, 0.25) is 0 Å². The molecule has 1 saturated heterocycles. The summed E-state index contributed by atoms with van der Waals surface area (Å²) in [6.07, 6.45) is 0.789. The molecule has 1 heterocycles. The molecule has 0 amide bonds. The largest absolute Gasteiger partial charge is 0.488 e. The number of hydrogen-bond acceptors (Lipinski definition) is 3. The van der Waals surface area contributed by atoms with Gasteiger partial charge in [-0.1, -0.05) is 23.7 Å². The van der Waals surface area contributed by atoms with Crippen LogP contribution in [0.5, 0.6) is 5.75 Å². The predicted molar refractivity (Wildman–Crippen MR) is 89.1 cm³/mol. The van der Waals surface area contributed by atoms with E-state index in [-0.39, 0.29) is 17.5 Å². The molecule has 0 aromatic heterocycles. The van der Waals surface area contributed by atoms with Crippen LogP contribution in [-0.2, 0) is 0 Å². The van der Waals surface area contributed by atoms with Crippen molar-refractivity contribution in [3.63, 3.8) is 0 Å². The average molecular weight is 334 g/mol. The average Bonchev–Trinajstić information content (AvgIpc) is 2.95. The highest BCUT2D eigenvalue weighted by atomic mass is 35.5. The highest BCUT2D eigenvalue weighted by molar-refractivity contribution is 6.30. The number of nitrogens with zero attached hydrogens (tertiary/aromatic N) is 1. The fourth-order valence-corrected chi connectivity index (χ4v) is 3.08. The van der Waals surface area contributed by atoms with Gasteiger partial charge in [0.15, 0.2) is 5.78 Å². The normalized spacial score (nSPS) is 17.3. The molecule has 1 aliphatic rings. The lowest BCUT2D eigenvalue weighted by molar-refractivity contribution is 0.101. The van der Waals surface area contributed by atoms with Gasteiger partial charge in [0.05, 0.1) is 17.8 Å². The van der Waals surface area contributed by atoms with Crippen LogP contribution in [0.4, 0.5) is 10.1 Å². The van der Waals surface area contributed by atoms with E-state index in [0.29, 0.717) is 17.3 Å². The molecule has 0 saturated carbocycles. The minimum Gasteiger partial charge on any atom is -0.488 e. The third-order valence-corrected chi connectivity index (χ3v) is 4.16. The maximum atomic E-state index is 13.9. The van der Waals surface area contributed by atoms with Crippen molar-refractivity contribution in [2.75, 3.05) is 18.0 Å². The fraction of sp³-hybridized carbons (Fsp3) is 0.278. The van der Waals surface area contributed by atoms with Gasteiger partial charge < -0.3 is 9.64 Å². The minimum absolute atomic E-state index is 0.0171. The molecule has 2 aromatic carbocycles. The molecule has 0 aliphatic carbocycles. The maximum absolute atomic E-state index is 13.9. The number of hydrogen-bond donors (Lipinski definition) is 0. The van der Waals surface area contributed by atoms with Crippen LogP contribution in [0, 0.1) is 5.82 Å². The number of halogens is 2. The van der Waals surface area contributed by atoms with Crippen molar-refractivity contribution in [2.24, 2.45) is 0 Å². The maximum Gasteiger partial charge on any atom is 0.164 e. The molecule has 0 N–H and O–H groups in total. The molecule has 1 atom stereocenters. The zero-order chi connectivity index (χ0) is 16.4. The molecular formula is C18H17ClFNO2. The van der Waals surface area contributed by atoms with E-state index in [0.717, 1.165) is 18.7 Å². The standard InChI is InChI=1S/C18H17ClFNO2/c1-12(22)18-16(20)6-3-7-17(18)21-9-8-15(11-21)23-14-5-2-4-13(19)10-14/h2-7,10,15H,8-9,11H2,1H3. The Bertz CT molecular complexity index is 735. The van der Waals surface area contributed by atoms with Crippen molar-refractivity contribution < 1.29 is 13.9 Å². The highest BCUT2D eigenvalue weighted by Gasteiger charge is 2.27. The summed E-state index contributed by atoms with van der Waals surface area (Å²) < 4.78 is 19.9. The summed E-state index contributed by atoms with van der Waals surface area (Å²) in [4.78, 5) is 13.7. The van der Waals surface area contributed by atoms with Crippen molar-refractivity contribution in [2.45, 2.75) is 19.4 Å². The van der Waals surface area contributed by atoms with Crippen molar-refractivity contribution >= 4 is 23.1 Å². The molecule has 5 heteroatoms. The number of carbonyl (C=O) groups excluding carboxylic acids is 1. The van der Waals surface area contributed by atoms with Crippen molar-refractivity contribution in [3.8, 4) is 5.75 Å². The van der Waals surface area contributed by atoms with E-state index in [9.17, 15) is 9.18 Å². The van der Waals surface area contributed by atoms with Crippen molar-refractivity contribution in [1.82, 2.24) is 0 Å². The van der Waals surface area contributed by atoms with Gasteiger partial charge in [0.1, 0.15) is 17.7 Å². The first-order chi connectivity index (χ1) is 11.0. The quantitative estimate of drug-likeness (QED) is 0.779. The SMILES string of the molecule is CC(=O)c1c(F)cccc1N1CCC(Oc2cccc(Cl)c2)C1. The van der Waals surface area contributed by atoms with Crippen LogP contribution in [0.3, 0.4) is 0 Å². The molecule has 3 nitrogen and oxygen atoms in total. The van der Waals surface area contributed by atoms with Crippen LogP contribution in [0.1, 0.15) is 23.7 Å². The second kappa shape index (κ2) is 6.59. The second-order valence-corrected chi connectivity index (χ2v) is 6.06. The minimum atomic E-state index is -0.478. The first kappa shape index (κ1) is 15.8. The third-order valence-electron chi connectivity index (χ3n) is 3.93. The first-order valence-electron chi connectivity index (χ1n) is 7.51. The van der Waals surface area contributed by atoms with E-state index in [1.807, 2.05) is 17.0 Å². The lowest BCUT2D eigenvalue weighted by Gasteiger charge is -2.21. The number of Topliss-reactive ketones (excluding diaryl/α,β-unsaturated/α-hetero) is 1. The Labute approximate surface area is 139 Å². The summed E-state index contributed by atoms with van der Waals surface area (Å²) in [5.41, 5.74) is 0.783. The topological polar surface area (TPSA) is 29.5 Å². The van der Waals surface area contributed by atoms with E-state index in [4.69, 9.17) is 16.3 Å². The van der Waals surface area contributed by atoms with Gasteiger partial charge in [0.25, 0.3) is 0 Å². The van der Waals surface area contributed by atoms with Crippen LogP contribution in [0.25, 0.3) is 0 Å². The lowest BCUT2D eigenvalue weighted by Crippen LogP contribution is -2.26. The second-order valence-electron chi connectivity index (χ2n) is 5.62. The molecule has 120 valence electrons. The molecule has 0 bridgehead atoms. The van der Waals surface area contributed by atoms with Gasteiger partial charge in [-0.15, -0.1) is 0 Å². The highest BCUT2D eigenvalue weighted by Crippen LogP contribution is 2.29. The van der Waals surface area contributed by atoms with Gasteiger partial charge >= 0.3 is 0 Å². The number of benzene rings is 2. The molecule has 1 fully saturated rings. The first-order valence-corrected chi connectivity index (χ1v) is 7.89. The molecule has 0 radical (unpaired) electrons. The van der Waals surface area contributed by atoms with E-state index >= 15 is 0 Å². The Hall–Kier alpha value is -2.07. The van der Waals surface area contributed by atoms with Gasteiger partial charge in [-0.05, 0) is 37.3 Å². The van der Waals surface area contributed by atoms with Gasteiger partial charge in [-0.3, -0.25) is 4.79 Å². The summed E-state index contributed by atoms with van der Waals surface area (Å²) in [7, 11) is 0. The lowest BCUT2D eigenvalue weighted by atomic mass is 10.1. The van der Waals surface area contributed by atoms with Crippen LogP contribution < -0.4 is 9.64 Å². The van der Waals surface area contributed by atoms with Gasteiger partial charge in [0, 0.05) is 18.0 Å². The summed E-state index contributed by atoms with van der Waals surface area (Å²) in [5.74, 6) is -0.0260. The summed E-state index contributed by atoms with van der Waals surface area (Å²) in [6.45, 7) is 2.71. The van der Waals surface area contributed by atoms with E-state index in [2.05, 4.69) is 0 Å². The summed E-state index contributed by atoms with van der Waals surface area (Å²) >= 11 is 5.96. The monoisotopic (exact) mass is 333 g/mol. The zero-order valence-electron chi connectivity index (χ0n) is 12.8. The van der Waals surface area contributed by atoms with Crippen LogP contribution in [0.15, 0.2) is 42.5 Å². The molecule has 1 aliphatic heterocycles. The Kier molecular flexibility index (Phi) is 4.53. The Morgan fingerprint density at radius 3 is 2.83 bits per heavy atom. The smallest absolute Gasteiger partial charge is 0.164 e. The van der Waals surface area contributed by atoms with Crippen molar-refractivity contribution in [3.05, 3.63) is 58.9 Å². The molecular weight excluding hydrogens is 317 g/mol. The Morgan fingerprint density at radius 2 is 2.09 bits per heavy atom. The van der Waals surface area contributed by atoms with Crippen molar-refractivity contribution in [1.29, 1.82) is 0 Å². The third kappa shape index (κ3) is 3.48. The van der Waals surface area contributed by atoms with Gasteiger partial charge in [-0.2, -0.15) is 0 Å². The summed E-state index contributed by atoms with van der Waals surface area (Å²) in [5, 5.41) is 0.626. The number of rotatable bonds is 4. The van der Waals surface area contributed by atoms with Crippen LogP contribution >= 0.6 is 11.6 Å². The fourth-order valence-electron chi connectivity index (χ4n) is 2.90. The number of ketones is 1. The molecule has 0 spiro atoms. The summed E-state index contributed by atoms with van der Waals surface area (Å²) in [6, 6.07) is 12.0. The molecule has 3 rings (SSSR count).